The minimum atomic E-state index is -0.471. The quantitative estimate of drug-likeness (QED) is 0.234. The van der Waals surface area contributed by atoms with E-state index in [1.807, 2.05) is 79.7 Å². The van der Waals surface area contributed by atoms with Gasteiger partial charge < -0.3 is 9.94 Å². The molecule has 1 aromatic heterocycles. The molecular weight excluding hydrogens is 422 g/mol. The largest absolute Gasteiger partial charge is 0.618 e. The lowest BCUT2D eigenvalue weighted by Crippen LogP contribution is -2.48. The van der Waals surface area contributed by atoms with Gasteiger partial charge in [-0.15, -0.1) is 0 Å². The van der Waals surface area contributed by atoms with Crippen molar-refractivity contribution in [2.45, 2.75) is 24.7 Å². The summed E-state index contributed by atoms with van der Waals surface area (Å²) in [4.78, 5) is 13.5. The zero-order valence-electron chi connectivity index (χ0n) is 18.9. The summed E-state index contributed by atoms with van der Waals surface area (Å²) in [5.74, 6) is -1.28. The average Bonchev–Trinajstić information content (AvgIpc) is 2.89. The SMILES string of the molecule is CCOC(=O)C1C2c3ccccc3C(c3ccccc32)C1c1cccc(-c2ccccc2)[n+]1[O-]. The van der Waals surface area contributed by atoms with Gasteiger partial charge in [0, 0.05) is 29.5 Å². The number of esters is 1. The summed E-state index contributed by atoms with van der Waals surface area (Å²) < 4.78 is 6.65. The highest BCUT2D eigenvalue weighted by molar-refractivity contribution is 5.79. The van der Waals surface area contributed by atoms with E-state index in [9.17, 15) is 10.0 Å². The van der Waals surface area contributed by atoms with Crippen molar-refractivity contribution in [1.29, 1.82) is 0 Å². The standard InChI is InChI=1S/C30H25NO3/c1-2-34-30(32)29-27-22-15-8-6-13-20(22)26(21-14-7-9-16-23(21)27)28(29)25-18-10-17-24(31(25)33)19-11-4-3-5-12-19/h3-18,26-29H,2H2,1H3. The molecule has 1 heterocycles. The normalized spacial score (nSPS) is 22.0. The van der Waals surface area contributed by atoms with Crippen LogP contribution in [0.4, 0.5) is 0 Å². The molecule has 7 rings (SSSR count). The van der Waals surface area contributed by atoms with Gasteiger partial charge in [0.2, 0.25) is 5.69 Å². The van der Waals surface area contributed by atoms with Gasteiger partial charge in [-0.25, -0.2) is 0 Å². The van der Waals surface area contributed by atoms with Gasteiger partial charge in [0.25, 0.3) is 0 Å². The van der Waals surface area contributed by atoms with Crippen LogP contribution in [0.15, 0.2) is 97.1 Å². The lowest BCUT2D eigenvalue weighted by atomic mass is 9.53. The van der Waals surface area contributed by atoms with Crippen molar-refractivity contribution in [2.24, 2.45) is 5.92 Å². The van der Waals surface area contributed by atoms with Gasteiger partial charge in [-0.05, 0) is 47.4 Å². The van der Waals surface area contributed by atoms with Crippen molar-refractivity contribution in [2.75, 3.05) is 6.61 Å². The molecule has 2 bridgehead atoms. The summed E-state index contributed by atoms with van der Waals surface area (Å²) in [6.45, 7) is 2.14. The Morgan fingerprint density at radius 1 is 0.765 bits per heavy atom. The molecule has 168 valence electrons. The van der Waals surface area contributed by atoms with Gasteiger partial charge >= 0.3 is 5.97 Å². The molecule has 0 N–H and O–H groups in total. The fourth-order valence-corrected chi connectivity index (χ4v) is 6.14. The predicted octanol–water partition coefficient (Wildman–Crippen LogP) is 5.54. The molecule has 0 saturated heterocycles. The molecule has 0 aliphatic heterocycles. The number of aromatic nitrogens is 1. The number of rotatable bonds is 4. The molecule has 34 heavy (non-hydrogen) atoms. The molecule has 0 spiro atoms. The number of hydrogen-bond donors (Lipinski definition) is 0. The van der Waals surface area contributed by atoms with E-state index in [4.69, 9.17) is 4.74 Å². The first-order valence-electron chi connectivity index (χ1n) is 11.8. The molecule has 3 aliphatic rings. The molecule has 4 heteroatoms. The van der Waals surface area contributed by atoms with Crippen molar-refractivity contribution in [3.8, 4) is 11.3 Å². The number of pyridine rings is 1. The van der Waals surface area contributed by atoms with E-state index in [2.05, 4.69) is 24.3 Å². The minimum absolute atomic E-state index is 0.0990. The van der Waals surface area contributed by atoms with Gasteiger partial charge in [-0.1, -0.05) is 66.7 Å². The van der Waals surface area contributed by atoms with Crippen molar-refractivity contribution < 1.29 is 14.3 Å². The second kappa shape index (κ2) is 8.14. The number of ether oxygens (including phenoxy) is 1. The summed E-state index contributed by atoms with van der Waals surface area (Å²) in [7, 11) is 0. The Bertz CT molecular complexity index is 1330. The first-order chi connectivity index (χ1) is 16.7. The van der Waals surface area contributed by atoms with Crippen LogP contribution in [0.2, 0.25) is 0 Å². The summed E-state index contributed by atoms with van der Waals surface area (Å²) in [5, 5.41) is 13.9. The van der Waals surface area contributed by atoms with Crippen LogP contribution in [0.5, 0.6) is 0 Å². The third-order valence-corrected chi connectivity index (χ3v) is 7.38. The molecule has 3 aliphatic carbocycles. The summed E-state index contributed by atoms with van der Waals surface area (Å²) >= 11 is 0. The summed E-state index contributed by atoms with van der Waals surface area (Å²) in [6, 6.07) is 32.0. The fraction of sp³-hybridized carbons (Fsp3) is 0.200. The van der Waals surface area contributed by atoms with E-state index in [1.54, 1.807) is 0 Å². The van der Waals surface area contributed by atoms with Crippen molar-refractivity contribution >= 4 is 5.97 Å². The third-order valence-electron chi connectivity index (χ3n) is 7.38. The second-order valence-corrected chi connectivity index (χ2v) is 9.01. The van der Waals surface area contributed by atoms with Crippen molar-refractivity contribution in [3.05, 3.63) is 130 Å². The topological polar surface area (TPSA) is 53.2 Å². The van der Waals surface area contributed by atoms with Crippen molar-refractivity contribution in [1.82, 2.24) is 0 Å². The monoisotopic (exact) mass is 447 g/mol. The maximum absolute atomic E-state index is 13.9. The predicted molar refractivity (Wildman–Crippen MR) is 130 cm³/mol. The molecule has 3 aromatic carbocycles. The average molecular weight is 448 g/mol. The van der Waals surface area contributed by atoms with Crippen LogP contribution < -0.4 is 4.73 Å². The second-order valence-electron chi connectivity index (χ2n) is 9.01. The van der Waals surface area contributed by atoms with E-state index < -0.39 is 5.92 Å². The number of carbonyl (C=O) groups excluding carboxylic acids is 1. The Kier molecular flexibility index (Phi) is 4.95. The maximum atomic E-state index is 13.9. The Morgan fingerprint density at radius 2 is 1.32 bits per heavy atom. The van der Waals surface area contributed by atoms with Crippen LogP contribution in [-0.2, 0) is 9.53 Å². The number of carbonyl (C=O) groups is 1. The summed E-state index contributed by atoms with van der Waals surface area (Å²) in [5.41, 5.74) is 6.77. The van der Waals surface area contributed by atoms with Gasteiger partial charge in [-0.3, -0.25) is 4.79 Å². The van der Waals surface area contributed by atoms with Gasteiger partial charge in [0.15, 0.2) is 5.69 Å². The van der Waals surface area contributed by atoms with E-state index in [0.717, 1.165) is 21.4 Å². The van der Waals surface area contributed by atoms with Gasteiger partial charge in [0.05, 0.1) is 18.4 Å². The smallest absolute Gasteiger partial charge is 0.310 e. The number of benzene rings is 3. The molecule has 2 unspecified atom stereocenters. The van der Waals surface area contributed by atoms with Crippen LogP contribution in [0, 0.1) is 11.1 Å². The first-order valence-corrected chi connectivity index (χ1v) is 11.8. The van der Waals surface area contributed by atoms with Crippen LogP contribution in [0.25, 0.3) is 11.3 Å². The van der Waals surface area contributed by atoms with E-state index >= 15 is 0 Å². The Balaban J connectivity index is 1.61. The van der Waals surface area contributed by atoms with E-state index in [-0.39, 0.29) is 23.7 Å². The van der Waals surface area contributed by atoms with Crippen LogP contribution >= 0.6 is 0 Å². The molecule has 4 nitrogen and oxygen atoms in total. The maximum Gasteiger partial charge on any atom is 0.310 e. The third kappa shape index (κ3) is 2.98. The fourth-order valence-electron chi connectivity index (χ4n) is 6.14. The highest BCUT2D eigenvalue weighted by Crippen LogP contribution is 2.61. The molecule has 0 amide bonds. The first kappa shape index (κ1) is 20.7. The zero-order chi connectivity index (χ0) is 23.2. The lowest BCUT2D eigenvalue weighted by Gasteiger charge is -2.48. The molecule has 0 radical (unpaired) electrons. The van der Waals surface area contributed by atoms with Gasteiger partial charge in [-0.2, -0.15) is 4.73 Å². The molecule has 2 atom stereocenters. The molecular formula is C30H25NO3. The van der Waals surface area contributed by atoms with E-state index in [1.165, 1.54) is 11.1 Å². The molecule has 0 saturated carbocycles. The number of hydrogen-bond acceptors (Lipinski definition) is 3. The Hall–Kier alpha value is -3.92. The minimum Gasteiger partial charge on any atom is -0.618 e. The molecule has 0 fully saturated rings. The summed E-state index contributed by atoms with van der Waals surface area (Å²) in [6.07, 6.45) is 0. The lowest BCUT2D eigenvalue weighted by molar-refractivity contribution is -0.604. The zero-order valence-corrected chi connectivity index (χ0v) is 18.9. The van der Waals surface area contributed by atoms with Crippen LogP contribution in [0.1, 0.15) is 52.6 Å². The van der Waals surface area contributed by atoms with Crippen LogP contribution in [-0.4, -0.2) is 12.6 Å². The number of nitrogens with zero attached hydrogens (tertiary/aromatic N) is 1. The van der Waals surface area contributed by atoms with E-state index in [0.29, 0.717) is 18.0 Å². The highest BCUT2D eigenvalue weighted by Gasteiger charge is 2.56. The Morgan fingerprint density at radius 3 is 1.91 bits per heavy atom. The highest BCUT2D eigenvalue weighted by atomic mass is 16.5. The van der Waals surface area contributed by atoms with Crippen molar-refractivity contribution in [3.63, 3.8) is 0 Å². The Labute approximate surface area is 199 Å². The molecule has 4 aromatic rings. The number of fused-ring (bicyclic) bond motifs is 1. The van der Waals surface area contributed by atoms with Gasteiger partial charge in [0.1, 0.15) is 0 Å². The van der Waals surface area contributed by atoms with Crippen LogP contribution in [0.3, 0.4) is 0 Å².